The van der Waals surface area contributed by atoms with Crippen LogP contribution in [0.25, 0.3) is 0 Å². The molecular weight excluding hydrogens is 183 g/mol. The smallest absolute Gasteiger partial charge is 0.313 e. The van der Waals surface area contributed by atoms with Gasteiger partial charge in [-0.25, -0.2) is 4.39 Å². The molecule has 2 nitrogen and oxygen atoms in total. The highest BCUT2D eigenvalue weighted by atomic mass is 19.1. The third-order valence-corrected chi connectivity index (χ3v) is 1.82. The van der Waals surface area contributed by atoms with Crippen molar-refractivity contribution in [1.29, 1.82) is 0 Å². The van der Waals surface area contributed by atoms with Crippen molar-refractivity contribution in [3.05, 3.63) is 29.6 Å². The zero-order chi connectivity index (χ0) is 10.7. The van der Waals surface area contributed by atoms with E-state index in [-0.39, 0.29) is 17.7 Å². The monoisotopic (exact) mass is 196 g/mol. The van der Waals surface area contributed by atoms with Gasteiger partial charge in [0, 0.05) is 0 Å². The summed E-state index contributed by atoms with van der Waals surface area (Å²) in [6.07, 6.45) is 0. The molecule has 76 valence electrons. The minimum absolute atomic E-state index is 0.180. The third kappa shape index (κ3) is 2.55. The summed E-state index contributed by atoms with van der Waals surface area (Å²) in [7, 11) is 0. The molecule has 14 heavy (non-hydrogen) atoms. The molecule has 0 spiro atoms. The molecule has 0 aliphatic rings. The van der Waals surface area contributed by atoms with E-state index in [2.05, 4.69) is 0 Å². The number of benzene rings is 1. The SMILES string of the molecule is Cc1cc(OC(=O)C(C)C)ccc1F. The summed E-state index contributed by atoms with van der Waals surface area (Å²) in [5, 5.41) is 0. The van der Waals surface area contributed by atoms with Crippen LogP contribution in [0.1, 0.15) is 19.4 Å². The van der Waals surface area contributed by atoms with Crippen molar-refractivity contribution in [2.45, 2.75) is 20.8 Å². The standard InChI is InChI=1S/C11H13FO2/c1-7(2)11(13)14-9-4-5-10(12)8(3)6-9/h4-7H,1-3H3. The zero-order valence-electron chi connectivity index (χ0n) is 8.50. The molecule has 0 aliphatic carbocycles. The van der Waals surface area contributed by atoms with Gasteiger partial charge in [0.2, 0.25) is 0 Å². The number of esters is 1. The average molecular weight is 196 g/mol. The molecular formula is C11H13FO2. The molecule has 0 heterocycles. The quantitative estimate of drug-likeness (QED) is 0.537. The lowest BCUT2D eigenvalue weighted by Crippen LogP contribution is -2.14. The van der Waals surface area contributed by atoms with Crippen LogP contribution in [0.3, 0.4) is 0 Å². The lowest BCUT2D eigenvalue weighted by atomic mass is 10.2. The van der Waals surface area contributed by atoms with Crippen LogP contribution < -0.4 is 4.74 Å². The van der Waals surface area contributed by atoms with Crippen LogP contribution in [0, 0.1) is 18.7 Å². The van der Waals surface area contributed by atoms with Crippen molar-refractivity contribution < 1.29 is 13.9 Å². The number of rotatable bonds is 2. The van der Waals surface area contributed by atoms with Gasteiger partial charge in [0.15, 0.2) is 0 Å². The minimum Gasteiger partial charge on any atom is -0.426 e. The van der Waals surface area contributed by atoms with Gasteiger partial charge in [0.1, 0.15) is 11.6 Å². The summed E-state index contributed by atoms with van der Waals surface area (Å²) in [5.41, 5.74) is 0.471. The second-order valence-electron chi connectivity index (χ2n) is 3.49. The summed E-state index contributed by atoms with van der Waals surface area (Å²) >= 11 is 0. The van der Waals surface area contributed by atoms with Crippen LogP contribution in [-0.2, 0) is 4.79 Å². The van der Waals surface area contributed by atoms with Crippen molar-refractivity contribution in [3.8, 4) is 5.75 Å². The van der Waals surface area contributed by atoms with E-state index < -0.39 is 0 Å². The second-order valence-corrected chi connectivity index (χ2v) is 3.49. The molecule has 0 unspecified atom stereocenters. The highest BCUT2D eigenvalue weighted by Gasteiger charge is 2.10. The number of hydrogen-bond donors (Lipinski definition) is 0. The van der Waals surface area contributed by atoms with Gasteiger partial charge in [0.25, 0.3) is 0 Å². The second kappa shape index (κ2) is 4.22. The van der Waals surface area contributed by atoms with Gasteiger partial charge in [-0.05, 0) is 30.7 Å². The first-order valence-electron chi connectivity index (χ1n) is 4.48. The molecule has 0 saturated heterocycles. The number of aryl methyl sites for hydroxylation is 1. The van der Waals surface area contributed by atoms with Crippen molar-refractivity contribution >= 4 is 5.97 Å². The minimum atomic E-state index is -0.309. The van der Waals surface area contributed by atoms with Crippen molar-refractivity contribution in [1.82, 2.24) is 0 Å². The van der Waals surface area contributed by atoms with Gasteiger partial charge in [-0.3, -0.25) is 4.79 Å². The molecule has 1 rings (SSSR count). The maximum Gasteiger partial charge on any atom is 0.313 e. The molecule has 0 N–H and O–H groups in total. The third-order valence-electron chi connectivity index (χ3n) is 1.82. The van der Waals surface area contributed by atoms with Gasteiger partial charge in [-0.1, -0.05) is 13.8 Å². The Balaban J connectivity index is 2.78. The molecule has 1 aromatic carbocycles. The van der Waals surface area contributed by atoms with Crippen molar-refractivity contribution in [2.24, 2.45) is 5.92 Å². The first-order chi connectivity index (χ1) is 6.50. The lowest BCUT2D eigenvalue weighted by Gasteiger charge is -2.07. The predicted molar refractivity (Wildman–Crippen MR) is 51.6 cm³/mol. The summed E-state index contributed by atoms with van der Waals surface area (Å²) in [6, 6.07) is 4.25. The number of hydrogen-bond acceptors (Lipinski definition) is 2. The van der Waals surface area contributed by atoms with Crippen LogP contribution in [0.2, 0.25) is 0 Å². The molecule has 1 aromatic rings. The zero-order valence-corrected chi connectivity index (χ0v) is 8.50. The number of halogens is 1. The van der Waals surface area contributed by atoms with E-state index in [1.54, 1.807) is 20.8 Å². The summed E-state index contributed by atoms with van der Waals surface area (Å²) in [6.45, 7) is 5.12. The Bertz CT molecular complexity index is 345. The summed E-state index contributed by atoms with van der Waals surface area (Å²) in [4.78, 5) is 11.2. The van der Waals surface area contributed by atoms with Crippen molar-refractivity contribution in [3.63, 3.8) is 0 Å². The van der Waals surface area contributed by atoms with Crippen molar-refractivity contribution in [2.75, 3.05) is 0 Å². The number of carbonyl (C=O) groups excluding carboxylic acids is 1. The van der Waals surface area contributed by atoms with Gasteiger partial charge >= 0.3 is 5.97 Å². The normalized spacial score (nSPS) is 10.4. The predicted octanol–water partition coefficient (Wildman–Crippen LogP) is 2.70. The molecule has 3 heteroatoms. The molecule has 0 aromatic heterocycles. The Morgan fingerprint density at radius 2 is 2.07 bits per heavy atom. The van der Waals surface area contributed by atoms with E-state index in [0.717, 1.165) is 0 Å². The van der Waals surface area contributed by atoms with Gasteiger partial charge in [-0.15, -0.1) is 0 Å². The number of ether oxygens (including phenoxy) is 1. The molecule has 0 saturated carbocycles. The molecule has 0 atom stereocenters. The summed E-state index contributed by atoms with van der Waals surface area (Å²) < 4.78 is 17.9. The first kappa shape index (κ1) is 10.7. The van der Waals surface area contributed by atoms with E-state index in [0.29, 0.717) is 11.3 Å². The topological polar surface area (TPSA) is 26.3 Å². The van der Waals surface area contributed by atoms with Crippen LogP contribution in [0.4, 0.5) is 4.39 Å². The first-order valence-corrected chi connectivity index (χ1v) is 4.48. The molecule has 0 amide bonds. The molecule has 0 radical (unpaired) electrons. The van der Waals surface area contributed by atoms with Gasteiger partial charge < -0.3 is 4.74 Å². The maximum atomic E-state index is 12.9. The van der Waals surface area contributed by atoms with Gasteiger partial charge in [-0.2, -0.15) is 0 Å². The Morgan fingerprint density at radius 3 is 2.57 bits per heavy atom. The van der Waals surface area contributed by atoms with E-state index >= 15 is 0 Å². The van der Waals surface area contributed by atoms with E-state index in [4.69, 9.17) is 4.74 Å². The Hall–Kier alpha value is -1.38. The molecule has 0 aliphatic heterocycles. The molecule has 0 bridgehead atoms. The van der Waals surface area contributed by atoms with E-state index in [1.807, 2.05) is 0 Å². The fourth-order valence-electron chi connectivity index (χ4n) is 0.915. The van der Waals surface area contributed by atoms with E-state index in [1.165, 1.54) is 18.2 Å². The van der Waals surface area contributed by atoms with Gasteiger partial charge in [0.05, 0.1) is 5.92 Å². The highest BCUT2D eigenvalue weighted by molar-refractivity contribution is 5.74. The van der Waals surface area contributed by atoms with Crippen LogP contribution >= 0.6 is 0 Å². The Morgan fingerprint density at radius 1 is 1.43 bits per heavy atom. The lowest BCUT2D eigenvalue weighted by molar-refractivity contribution is -0.137. The van der Waals surface area contributed by atoms with Crippen LogP contribution in [0.5, 0.6) is 5.75 Å². The fraction of sp³-hybridized carbons (Fsp3) is 0.364. The average Bonchev–Trinajstić information content (AvgIpc) is 2.11. The van der Waals surface area contributed by atoms with Crippen LogP contribution in [-0.4, -0.2) is 5.97 Å². The van der Waals surface area contributed by atoms with Crippen LogP contribution in [0.15, 0.2) is 18.2 Å². The Labute approximate surface area is 82.7 Å². The number of carbonyl (C=O) groups is 1. The molecule has 0 fully saturated rings. The van der Waals surface area contributed by atoms with E-state index in [9.17, 15) is 9.18 Å². The highest BCUT2D eigenvalue weighted by Crippen LogP contribution is 2.16. The fourth-order valence-corrected chi connectivity index (χ4v) is 0.915. The maximum absolute atomic E-state index is 12.9. The Kier molecular flexibility index (Phi) is 3.23. The summed E-state index contributed by atoms with van der Waals surface area (Å²) in [5.74, 6) is -0.395. The largest absolute Gasteiger partial charge is 0.426 e.